The maximum Gasteiger partial charge on any atom is 0.278 e. The third-order valence-electron chi connectivity index (χ3n) is 4.14. The molecule has 6 heteroatoms. The summed E-state index contributed by atoms with van der Waals surface area (Å²) in [5, 5.41) is 20.0. The Kier molecular flexibility index (Phi) is 4.31. The van der Waals surface area contributed by atoms with E-state index in [0.29, 0.717) is 16.9 Å². The van der Waals surface area contributed by atoms with Gasteiger partial charge in [-0.05, 0) is 56.2 Å². The first-order valence-corrected chi connectivity index (χ1v) is 7.81. The summed E-state index contributed by atoms with van der Waals surface area (Å²) in [5.74, 6) is -0.393. The number of aryl methyl sites for hydroxylation is 2. The number of aromatic nitrogens is 3. The largest absolute Gasteiger partial charge is 0.319 e. The van der Waals surface area contributed by atoms with Crippen LogP contribution in [-0.4, -0.2) is 20.9 Å². The minimum Gasteiger partial charge on any atom is -0.319 e. The molecule has 3 aromatic rings. The minimum absolute atomic E-state index is 0.228. The van der Waals surface area contributed by atoms with E-state index in [4.69, 9.17) is 5.26 Å². The molecule has 0 unspecified atom stereocenters. The van der Waals surface area contributed by atoms with Gasteiger partial charge < -0.3 is 5.32 Å². The van der Waals surface area contributed by atoms with Crippen LogP contribution >= 0.6 is 0 Å². The highest BCUT2D eigenvalue weighted by atomic mass is 16.2. The van der Waals surface area contributed by atoms with Gasteiger partial charge in [0.25, 0.3) is 5.91 Å². The minimum atomic E-state index is -0.393. The van der Waals surface area contributed by atoms with E-state index >= 15 is 0 Å². The highest BCUT2D eigenvalue weighted by molar-refractivity contribution is 6.04. The number of carbonyl (C=O) groups is 1. The highest BCUT2D eigenvalue weighted by Gasteiger charge is 2.18. The lowest BCUT2D eigenvalue weighted by atomic mass is 10.1. The maximum absolute atomic E-state index is 12.5. The highest BCUT2D eigenvalue weighted by Crippen LogP contribution is 2.18. The predicted octanol–water partition coefficient (Wildman–Crippen LogP) is 3.32. The quantitative estimate of drug-likeness (QED) is 0.798. The Bertz CT molecular complexity index is 997. The molecule has 1 amide bonds. The van der Waals surface area contributed by atoms with Crippen molar-refractivity contribution in [2.75, 3.05) is 5.32 Å². The summed E-state index contributed by atoms with van der Waals surface area (Å²) in [6, 6.07) is 14.8. The van der Waals surface area contributed by atoms with Crippen molar-refractivity contribution in [3.8, 4) is 11.8 Å². The molecule has 0 radical (unpaired) electrons. The average Bonchev–Trinajstić information content (AvgIpc) is 2.99. The number of para-hydroxylation sites is 1. The van der Waals surface area contributed by atoms with Crippen LogP contribution in [0.15, 0.2) is 42.5 Å². The first-order valence-electron chi connectivity index (χ1n) is 7.81. The second-order valence-electron chi connectivity index (χ2n) is 5.82. The lowest BCUT2D eigenvalue weighted by Gasteiger charge is -2.07. The Morgan fingerprint density at radius 3 is 2.60 bits per heavy atom. The van der Waals surface area contributed by atoms with Crippen LogP contribution in [0.5, 0.6) is 0 Å². The molecule has 2 aromatic carbocycles. The van der Waals surface area contributed by atoms with E-state index < -0.39 is 5.91 Å². The summed E-state index contributed by atoms with van der Waals surface area (Å²) >= 11 is 0. The van der Waals surface area contributed by atoms with Crippen LogP contribution in [0, 0.1) is 32.1 Å². The molecule has 1 heterocycles. The third-order valence-corrected chi connectivity index (χ3v) is 4.14. The Labute approximate surface area is 145 Å². The molecule has 3 rings (SSSR count). The monoisotopic (exact) mass is 331 g/mol. The van der Waals surface area contributed by atoms with Crippen molar-refractivity contribution in [2.24, 2.45) is 0 Å². The fraction of sp³-hybridized carbons (Fsp3) is 0.158. The molecule has 1 N–H and O–H groups in total. The molecule has 0 aliphatic carbocycles. The van der Waals surface area contributed by atoms with Crippen molar-refractivity contribution in [2.45, 2.75) is 20.8 Å². The zero-order chi connectivity index (χ0) is 18.0. The topological polar surface area (TPSA) is 83.6 Å². The molecule has 1 aromatic heterocycles. The number of amides is 1. The van der Waals surface area contributed by atoms with Crippen LogP contribution in [0.25, 0.3) is 5.69 Å². The van der Waals surface area contributed by atoms with Gasteiger partial charge in [-0.3, -0.25) is 4.79 Å². The maximum atomic E-state index is 12.5. The summed E-state index contributed by atoms with van der Waals surface area (Å²) in [5.41, 5.74) is 4.89. The zero-order valence-corrected chi connectivity index (χ0v) is 14.2. The molecule has 25 heavy (non-hydrogen) atoms. The molecule has 0 fully saturated rings. The number of benzene rings is 2. The Hall–Kier alpha value is -3.46. The van der Waals surface area contributed by atoms with Crippen molar-refractivity contribution >= 4 is 11.6 Å². The number of hydrogen-bond donors (Lipinski definition) is 1. The van der Waals surface area contributed by atoms with Crippen LogP contribution in [0.4, 0.5) is 5.69 Å². The predicted molar refractivity (Wildman–Crippen MR) is 94.7 cm³/mol. The van der Waals surface area contributed by atoms with Gasteiger partial charge in [0.05, 0.1) is 22.6 Å². The van der Waals surface area contributed by atoms with E-state index in [0.717, 1.165) is 11.3 Å². The standard InChI is InChI=1S/C19H17N5O/c1-12-8-9-16(10-13(12)2)24-14(3)18(22-23-24)19(25)21-17-7-5-4-6-15(17)11-20/h4-10H,1-3H3,(H,21,25). The van der Waals surface area contributed by atoms with Gasteiger partial charge in [-0.1, -0.05) is 23.4 Å². The summed E-state index contributed by atoms with van der Waals surface area (Å²) in [6.45, 7) is 5.86. The summed E-state index contributed by atoms with van der Waals surface area (Å²) in [6.07, 6.45) is 0. The lowest BCUT2D eigenvalue weighted by Crippen LogP contribution is -2.15. The molecule has 0 saturated heterocycles. The fourth-order valence-electron chi connectivity index (χ4n) is 2.51. The van der Waals surface area contributed by atoms with Gasteiger partial charge in [-0.25, -0.2) is 4.68 Å². The molecule has 0 saturated carbocycles. The number of nitrogens with one attached hydrogen (secondary N) is 1. The molecule has 0 bridgehead atoms. The Balaban J connectivity index is 1.91. The van der Waals surface area contributed by atoms with Crippen LogP contribution < -0.4 is 5.32 Å². The van der Waals surface area contributed by atoms with Crippen molar-refractivity contribution in [1.82, 2.24) is 15.0 Å². The van der Waals surface area contributed by atoms with Gasteiger partial charge in [0.2, 0.25) is 0 Å². The number of nitrogens with zero attached hydrogens (tertiary/aromatic N) is 4. The van der Waals surface area contributed by atoms with Crippen LogP contribution in [0.2, 0.25) is 0 Å². The van der Waals surface area contributed by atoms with E-state index in [9.17, 15) is 4.79 Å². The fourth-order valence-corrected chi connectivity index (χ4v) is 2.51. The van der Waals surface area contributed by atoms with Crippen molar-refractivity contribution in [3.05, 3.63) is 70.5 Å². The number of anilines is 1. The van der Waals surface area contributed by atoms with E-state index in [2.05, 4.69) is 21.7 Å². The molecule has 0 aliphatic heterocycles. The SMILES string of the molecule is Cc1ccc(-n2nnc(C(=O)Nc3ccccc3C#N)c2C)cc1C. The first kappa shape index (κ1) is 16.4. The van der Waals surface area contributed by atoms with E-state index in [1.54, 1.807) is 35.9 Å². The second-order valence-corrected chi connectivity index (χ2v) is 5.82. The normalized spacial score (nSPS) is 10.3. The van der Waals surface area contributed by atoms with Crippen LogP contribution in [-0.2, 0) is 0 Å². The molecular weight excluding hydrogens is 314 g/mol. The van der Waals surface area contributed by atoms with Gasteiger partial charge in [0, 0.05) is 0 Å². The van der Waals surface area contributed by atoms with Crippen molar-refractivity contribution < 1.29 is 4.79 Å². The van der Waals surface area contributed by atoms with E-state index in [1.165, 1.54) is 5.56 Å². The van der Waals surface area contributed by atoms with Gasteiger partial charge >= 0.3 is 0 Å². The molecule has 0 atom stereocenters. The van der Waals surface area contributed by atoms with Gasteiger partial charge in [-0.15, -0.1) is 5.10 Å². The summed E-state index contributed by atoms with van der Waals surface area (Å²) < 4.78 is 1.64. The molecule has 0 aliphatic rings. The number of hydrogen-bond acceptors (Lipinski definition) is 4. The van der Waals surface area contributed by atoms with Crippen molar-refractivity contribution in [1.29, 1.82) is 5.26 Å². The number of nitriles is 1. The smallest absolute Gasteiger partial charge is 0.278 e. The summed E-state index contributed by atoms with van der Waals surface area (Å²) in [4.78, 5) is 12.5. The van der Waals surface area contributed by atoms with Crippen LogP contribution in [0.3, 0.4) is 0 Å². The van der Waals surface area contributed by atoms with E-state index in [-0.39, 0.29) is 5.69 Å². The Morgan fingerprint density at radius 2 is 1.88 bits per heavy atom. The zero-order valence-electron chi connectivity index (χ0n) is 14.2. The lowest BCUT2D eigenvalue weighted by molar-refractivity contribution is 0.102. The average molecular weight is 331 g/mol. The molecule has 0 spiro atoms. The molecular formula is C19H17N5O. The van der Waals surface area contributed by atoms with E-state index in [1.807, 2.05) is 32.0 Å². The third kappa shape index (κ3) is 3.12. The van der Waals surface area contributed by atoms with Gasteiger partial charge in [0.1, 0.15) is 6.07 Å². The number of carbonyl (C=O) groups excluding carboxylic acids is 1. The van der Waals surface area contributed by atoms with Gasteiger partial charge in [-0.2, -0.15) is 5.26 Å². The summed E-state index contributed by atoms with van der Waals surface area (Å²) in [7, 11) is 0. The Morgan fingerprint density at radius 1 is 1.12 bits per heavy atom. The molecule has 6 nitrogen and oxygen atoms in total. The van der Waals surface area contributed by atoms with Gasteiger partial charge in [0.15, 0.2) is 5.69 Å². The first-order chi connectivity index (χ1) is 12.0. The number of rotatable bonds is 3. The second kappa shape index (κ2) is 6.57. The van der Waals surface area contributed by atoms with Crippen LogP contribution in [0.1, 0.15) is 32.9 Å². The van der Waals surface area contributed by atoms with Crippen molar-refractivity contribution in [3.63, 3.8) is 0 Å². The molecule has 124 valence electrons.